The van der Waals surface area contributed by atoms with Crippen molar-refractivity contribution < 1.29 is 4.39 Å². The van der Waals surface area contributed by atoms with Crippen LogP contribution in [0.25, 0.3) is 22.0 Å². The molecule has 0 fully saturated rings. The molecule has 0 aliphatic rings. The Labute approximate surface area is 145 Å². The molecule has 4 aromatic rings. The lowest BCUT2D eigenvalue weighted by Gasteiger charge is -2.11. The minimum atomic E-state index is -0.262. The van der Waals surface area contributed by atoms with E-state index < -0.39 is 0 Å². The van der Waals surface area contributed by atoms with Crippen LogP contribution in [0.1, 0.15) is 5.56 Å². The second kappa shape index (κ2) is 6.69. The van der Waals surface area contributed by atoms with Crippen LogP contribution in [0.3, 0.4) is 0 Å². The molecule has 0 aliphatic heterocycles. The summed E-state index contributed by atoms with van der Waals surface area (Å²) in [6.07, 6.45) is 0. The van der Waals surface area contributed by atoms with Crippen molar-refractivity contribution in [3.63, 3.8) is 0 Å². The highest BCUT2D eigenvalue weighted by molar-refractivity contribution is 5.99. The van der Waals surface area contributed by atoms with Crippen molar-refractivity contribution in [1.82, 2.24) is 10.2 Å². The van der Waals surface area contributed by atoms with Crippen LogP contribution >= 0.6 is 0 Å². The van der Waals surface area contributed by atoms with Crippen LogP contribution < -0.4 is 5.32 Å². The molecular weight excluding hydrogens is 313 g/mol. The number of nitrogens with zero attached hydrogens (tertiary/aromatic N) is 2. The van der Waals surface area contributed by atoms with Crippen LogP contribution in [0, 0.1) is 5.82 Å². The fourth-order valence-electron chi connectivity index (χ4n) is 2.84. The summed E-state index contributed by atoms with van der Waals surface area (Å²) in [4.78, 5) is 0. The molecule has 0 radical (unpaired) electrons. The zero-order chi connectivity index (χ0) is 17.1. The predicted molar refractivity (Wildman–Crippen MR) is 98.7 cm³/mol. The van der Waals surface area contributed by atoms with Gasteiger partial charge in [0, 0.05) is 22.9 Å². The number of aromatic nitrogens is 2. The summed E-state index contributed by atoms with van der Waals surface area (Å²) in [6, 6.07) is 24.5. The number of hydrogen-bond acceptors (Lipinski definition) is 3. The highest BCUT2D eigenvalue weighted by atomic mass is 19.1. The van der Waals surface area contributed by atoms with Gasteiger partial charge in [0.05, 0.1) is 0 Å². The molecule has 3 aromatic carbocycles. The quantitative estimate of drug-likeness (QED) is 0.569. The molecule has 3 nitrogen and oxygen atoms in total. The van der Waals surface area contributed by atoms with Crippen molar-refractivity contribution in [3.05, 3.63) is 90.2 Å². The number of halogens is 1. The van der Waals surface area contributed by atoms with Crippen LogP contribution in [-0.2, 0) is 6.54 Å². The van der Waals surface area contributed by atoms with Crippen LogP contribution in [-0.4, -0.2) is 10.2 Å². The number of benzene rings is 3. The third-order valence-electron chi connectivity index (χ3n) is 4.11. The maximum Gasteiger partial charge on any atom is 0.156 e. The molecule has 0 atom stereocenters. The van der Waals surface area contributed by atoms with E-state index in [2.05, 4.69) is 27.6 Å². The lowest BCUT2D eigenvalue weighted by atomic mass is 10.0. The molecule has 0 spiro atoms. The topological polar surface area (TPSA) is 37.8 Å². The second-order valence-corrected chi connectivity index (χ2v) is 5.79. The molecule has 25 heavy (non-hydrogen) atoms. The summed E-state index contributed by atoms with van der Waals surface area (Å²) in [7, 11) is 0. The Morgan fingerprint density at radius 3 is 2.16 bits per heavy atom. The average molecular weight is 329 g/mol. The largest absolute Gasteiger partial charge is 0.364 e. The third kappa shape index (κ3) is 3.19. The minimum Gasteiger partial charge on any atom is -0.364 e. The summed E-state index contributed by atoms with van der Waals surface area (Å²) < 4.78 is 13.2. The van der Waals surface area contributed by atoms with Gasteiger partial charge >= 0.3 is 0 Å². The Hall–Kier alpha value is -3.27. The molecule has 1 aromatic heterocycles. The molecule has 122 valence electrons. The highest BCUT2D eigenvalue weighted by Crippen LogP contribution is 2.29. The summed E-state index contributed by atoms with van der Waals surface area (Å²) >= 11 is 0. The summed E-state index contributed by atoms with van der Waals surface area (Å²) in [5.74, 6) is 0.479. The average Bonchev–Trinajstić information content (AvgIpc) is 2.68. The van der Waals surface area contributed by atoms with Gasteiger partial charge in [-0.2, -0.15) is 0 Å². The molecule has 1 heterocycles. The number of nitrogens with one attached hydrogen (secondary N) is 1. The first-order chi connectivity index (χ1) is 12.3. The fourth-order valence-corrected chi connectivity index (χ4v) is 2.84. The lowest BCUT2D eigenvalue weighted by Crippen LogP contribution is -2.04. The lowest BCUT2D eigenvalue weighted by molar-refractivity contribution is 0.628. The van der Waals surface area contributed by atoms with Crippen molar-refractivity contribution in [2.24, 2.45) is 0 Å². The fraction of sp³-hybridized carbons (Fsp3) is 0.0476. The van der Waals surface area contributed by atoms with Gasteiger partial charge in [-0.1, -0.05) is 54.6 Å². The van der Waals surface area contributed by atoms with E-state index >= 15 is 0 Å². The predicted octanol–water partition coefficient (Wildman–Crippen LogP) is 5.05. The SMILES string of the molecule is Fc1ccc(-c2nnc(NCc3ccccc3)c3ccccc23)cc1. The zero-order valence-corrected chi connectivity index (χ0v) is 13.5. The highest BCUT2D eigenvalue weighted by Gasteiger charge is 2.10. The van der Waals surface area contributed by atoms with Gasteiger partial charge in [0.25, 0.3) is 0 Å². The molecule has 4 rings (SSSR count). The van der Waals surface area contributed by atoms with Gasteiger partial charge in [-0.15, -0.1) is 10.2 Å². The minimum absolute atomic E-state index is 0.262. The monoisotopic (exact) mass is 329 g/mol. The van der Waals surface area contributed by atoms with Crippen LogP contribution in [0.5, 0.6) is 0 Å². The van der Waals surface area contributed by atoms with Crippen molar-refractivity contribution in [1.29, 1.82) is 0 Å². The Morgan fingerprint density at radius 1 is 0.720 bits per heavy atom. The van der Waals surface area contributed by atoms with E-state index in [4.69, 9.17) is 0 Å². The van der Waals surface area contributed by atoms with E-state index in [-0.39, 0.29) is 5.82 Å². The molecule has 0 saturated heterocycles. The molecule has 0 amide bonds. The zero-order valence-electron chi connectivity index (χ0n) is 13.5. The summed E-state index contributed by atoms with van der Waals surface area (Å²) in [6.45, 7) is 0.676. The van der Waals surface area contributed by atoms with Gasteiger partial charge in [-0.3, -0.25) is 0 Å². The molecular formula is C21H16FN3. The molecule has 4 heteroatoms. The first kappa shape index (κ1) is 15.3. The van der Waals surface area contributed by atoms with Crippen LogP contribution in [0.2, 0.25) is 0 Å². The number of hydrogen-bond donors (Lipinski definition) is 1. The van der Waals surface area contributed by atoms with Gasteiger partial charge in [-0.25, -0.2) is 4.39 Å². The maximum atomic E-state index is 13.2. The first-order valence-corrected chi connectivity index (χ1v) is 8.10. The summed E-state index contributed by atoms with van der Waals surface area (Å²) in [5, 5.41) is 14.1. The van der Waals surface area contributed by atoms with E-state index in [9.17, 15) is 4.39 Å². The van der Waals surface area contributed by atoms with E-state index in [1.165, 1.54) is 17.7 Å². The van der Waals surface area contributed by atoms with E-state index in [1.807, 2.05) is 42.5 Å². The molecule has 1 N–H and O–H groups in total. The van der Waals surface area contributed by atoms with Crippen molar-refractivity contribution in [3.8, 4) is 11.3 Å². The standard InChI is InChI=1S/C21H16FN3/c22-17-12-10-16(11-13-17)20-18-8-4-5-9-19(18)21(25-24-20)23-14-15-6-2-1-3-7-15/h1-13H,14H2,(H,23,25). The molecule has 0 saturated carbocycles. The van der Waals surface area contributed by atoms with Gasteiger partial charge in [0.2, 0.25) is 0 Å². The van der Waals surface area contributed by atoms with Gasteiger partial charge in [0.15, 0.2) is 5.82 Å². The van der Waals surface area contributed by atoms with Crippen molar-refractivity contribution >= 4 is 16.6 Å². The Kier molecular flexibility index (Phi) is 4.09. The third-order valence-corrected chi connectivity index (χ3v) is 4.11. The van der Waals surface area contributed by atoms with Crippen LogP contribution in [0.4, 0.5) is 10.2 Å². The smallest absolute Gasteiger partial charge is 0.156 e. The molecule has 0 unspecified atom stereocenters. The Morgan fingerprint density at radius 2 is 1.40 bits per heavy atom. The second-order valence-electron chi connectivity index (χ2n) is 5.79. The summed E-state index contributed by atoms with van der Waals surface area (Å²) in [5.41, 5.74) is 2.77. The van der Waals surface area contributed by atoms with Crippen molar-refractivity contribution in [2.45, 2.75) is 6.54 Å². The maximum absolute atomic E-state index is 13.2. The Balaban J connectivity index is 1.73. The molecule has 0 aliphatic carbocycles. The van der Waals surface area contributed by atoms with Gasteiger partial charge in [0.1, 0.15) is 11.5 Å². The van der Waals surface area contributed by atoms with E-state index in [1.54, 1.807) is 12.1 Å². The van der Waals surface area contributed by atoms with E-state index in [0.717, 1.165) is 27.8 Å². The van der Waals surface area contributed by atoms with Gasteiger partial charge in [-0.05, 0) is 29.8 Å². The normalized spacial score (nSPS) is 10.8. The van der Waals surface area contributed by atoms with Gasteiger partial charge < -0.3 is 5.32 Å². The van der Waals surface area contributed by atoms with Crippen molar-refractivity contribution in [2.75, 3.05) is 5.32 Å². The molecule has 0 bridgehead atoms. The van der Waals surface area contributed by atoms with E-state index in [0.29, 0.717) is 6.54 Å². The number of fused-ring (bicyclic) bond motifs is 1. The van der Waals surface area contributed by atoms with Crippen LogP contribution in [0.15, 0.2) is 78.9 Å². The number of rotatable bonds is 4. The number of anilines is 1. The first-order valence-electron chi connectivity index (χ1n) is 8.10. The Bertz CT molecular complexity index is 998.